The molecule has 2 aromatic carbocycles. The van der Waals surface area contributed by atoms with Crippen LogP contribution >= 0.6 is 11.3 Å². The molecule has 1 unspecified atom stereocenters. The van der Waals surface area contributed by atoms with Gasteiger partial charge in [0.1, 0.15) is 11.5 Å². The van der Waals surface area contributed by atoms with Gasteiger partial charge in [0.25, 0.3) is 5.91 Å². The van der Waals surface area contributed by atoms with Gasteiger partial charge in [-0.15, -0.1) is 11.3 Å². The molecule has 0 aliphatic heterocycles. The Bertz CT molecular complexity index is 984. The van der Waals surface area contributed by atoms with Gasteiger partial charge >= 0.3 is 5.97 Å². The van der Waals surface area contributed by atoms with Crippen LogP contribution in [-0.4, -0.2) is 23.8 Å². The van der Waals surface area contributed by atoms with Crippen LogP contribution in [0.2, 0.25) is 0 Å². The summed E-state index contributed by atoms with van der Waals surface area (Å²) in [5.74, 6) is 0.192. The third kappa shape index (κ3) is 6.28. The van der Waals surface area contributed by atoms with E-state index in [0.717, 1.165) is 0 Å². The number of ether oxygens (including phenoxy) is 2. The molecule has 6 nitrogen and oxygen atoms in total. The minimum atomic E-state index is -0.977. The Kier molecular flexibility index (Phi) is 7.34. The second-order valence-electron chi connectivity index (χ2n) is 6.46. The molecule has 0 fully saturated rings. The van der Waals surface area contributed by atoms with E-state index in [9.17, 15) is 14.4 Å². The van der Waals surface area contributed by atoms with Crippen molar-refractivity contribution < 1.29 is 23.9 Å². The zero-order valence-corrected chi connectivity index (χ0v) is 17.2. The average Bonchev–Trinajstić information content (AvgIpc) is 3.29. The number of benzene rings is 2. The number of hydrogen-bond donors (Lipinski definition) is 1. The van der Waals surface area contributed by atoms with E-state index in [0.29, 0.717) is 22.1 Å². The predicted octanol–water partition coefficient (Wildman–Crippen LogP) is 5.07. The molecule has 0 saturated carbocycles. The minimum Gasteiger partial charge on any atom is -0.457 e. The lowest BCUT2D eigenvalue weighted by Crippen LogP contribution is -2.30. The number of ketones is 1. The smallest absolute Gasteiger partial charge is 0.307 e. The van der Waals surface area contributed by atoms with Gasteiger partial charge in [0, 0.05) is 12.1 Å². The zero-order valence-electron chi connectivity index (χ0n) is 16.4. The van der Waals surface area contributed by atoms with Crippen LogP contribution in [-0.2, 0) is 14.3 Å². The standard InChI is InChI=1S/C23H21NO5S/c1-16(28-22(26)14-13-20(25)21-8-5-15-30-21)23(27)24-17-9-11-19(12-10-17)29-18-6-3-2-4-7-18/h2-12,15-16H,13-14H2,1H3,(H,24,27). The highest BCUT2D eigenvalue weighted by atomic mass is 32.1. The number of amides is 1. The molecule has 0 radical (unpaired) electrons. The summed E-state index contributed by atoms with van der Waals surface area (Å²) < 4.78 is 10.8. The first-order valence-electron chi connectivity index (χ1n) is 9.41. The Labute approximate surface area is 178 Å². The number of hydrogen-bond acceptors (Lipinski definition) is 6. The molecule has 154 valence electrons. The van der Waals surface area contributed by atoms with E-state index in [2.05, 4.69) is 5.32 Å². The Morgan fingerprint density at radius 2 is 1.60 bits per heavy atom. The van der Waals surface area contributed by atoms with Crippen molar-refractivity contribution >= 4 is 34.7 Å². The Hall–Kier alpha value is -3.45. The van der Waals surface area contributed by atoms with E-state index >= 15 is 0 Å². The second kappa shape index (κ2) is 10.4. The minimum absolute atomic E-state index is 0.0521. The lowest BCUT2D eigenvalue weighted by Gasteiger charge is -2.14. The average molecular weight is 423 g/mol. The third-order valence-electron chi connectivity index (χ3n) is 4.13. The molecule has 0 aliphatic rings. The Morgan fingerprint density at radius 3 is 2.27 bits per heavy atom. The molecular weight excluding hydrogens is 402 g/mol. The van der Waals surface area contributed by atoms with Gasteiger partial charge in [0.05, 0.1) is 11.3 Å². The molecule has 1 N–H and O–H groups in total. The number of nitrogens with one attached hydrogen (secondary N) is 1. The van der Waals surface area contributed by atoms with Crippen molar-refractivity contribution in [3.63, 3.8) is 0 Å². The first-order valence-corrected chi connectivity index (χ1v) is 10.3. The van der Waals surface area contributed by atoms with Gasteiger partial charge in [-0.05, 0) is 54.8 Å². The number of thiophene rings is 1. The number of carbonyl (C=O) groups is 3. The molecule has 3 rings (SSSR count). The van der Waals surface area contributed by atoms with Crippen LogP contribution < -0.4 is 10.1 Å². The van der Waals surface area contributed by atoms with E-state index < -0.39 is 18.0 Å². The molecular formula is C23H21NO5S. The molecule has 3 aromatic rings. The van der Waals surface area contributed by atoms with E-state index in [1.807, 2.05) is 30.3 Å². The van der Waals surface area contributed by atoms with Gasteiger partial charge < -0.3 is 14.8 Å². The lowest BCUT2D eigenvalue weighted by molar-refractivity contribution is -0.153. The summed E-state index contributed by atoms with van der Waals surface area (Å²) in [7, 11) is 0. The number of anilines is 1. The fourth-order valence-electron chi connectivity index (χ4n) is 2.56. The zero-order chi connectivity index (χ0) is 21.3. The molecule has 1 atom stereocenters. The molecule has 1 heterocycles. The number of rotatable bonds is 9. The maximum absolute atomic E-state index is 12.3. The summed E-state index contributed by atoms with van der Waals surface area (Å²) in [6.45, 7) is 1.49. The van der Waals surface area contributed by atoms with Gasteiger partial charge in [0.15, 0.2) is 11.9 Å². The summed E-state index contributed by atoms with van der Waals surface area (Å²) in [5, 5.41) is 4.49. The molecule has 0 aliphatic carbocycles. The predicted molar refractivity (Wildman–Crippen MR) is 115 cm³/mol. The molecule has 1 aromatic heterocycles. The third-order valence-corrected chi connectivity index (χ3v) is 5.04. The largest absolute Gasteiger partial charge is 0.457 e. The van der Waals surface area contributed by atoms with E-state index in [1.54, 1.807) is 41.8 Å². The van der Waals surface area contributed by atoms with Crippen LogP contribution in [0.3, 0.4) is 0 Å². The fourth-order valence-corrected chi connectivity index (χ4v) is 3.25. The monoisotopic (exact) mass is 423 g/mol. The number of para-hydroxylation sites is 1. The van der Waals surface area contributed by atoms with Crippen LogP contribution in [0.15, 0.2) is 72.1 Å². The number of esters is 1. The molecule has 0 spiro atoms. The number of carbonyl (C=O) groups excluding carboxylic acids is 3. The van der Waals surface area contributed by atoms with Gasteiger partial charge in [-0.25, -0.2) is 0 Å². The Morgan fingerprint density at radius 1 is 0.900 bits per heavy atom. The van der Waals surface area contributed by atoms with Crippen LogP contribution in [0.1, 0.15) is 29.4 Å². The highest BCUT2D eigenvalue weighted by Gasteiger charge is 2.19. The van der Waals surface area contributed by atoms with E-state index in [-0.39, 0.29) is 18.6 Å². The van der Waals surface area contributed by atoms with Crippen molar-refractivity contribution in [1.29, 1.82) is 0 Å². The van der Waals surface area contributed by atoms with Crippen LogP contribution in [0.4, 0.5) is 5.69 Å². The van der Waals surface area contributed by atoms with Crippen molar-refractivity contribution in [1.82, 2.24) is 0 Å². The summed E-state index contributed by atoms with van der Waals surface area (Å²) in [6, 6.07) is 19.7. The molecule has 30 heavy (non-hydrogen) atoms. The first-order chi connectivity index (χ1) is 14.5. The summed E-state index contributed by atoms with van der Waals surface area (Å²) >= 11 is 1.33. The van der Waals surface area contributed by atoms with Crippen molar-refractivity contribution in [3.05, 3.63) is 77.0 Å². The fraction of sp³-hybridized carbons (Fsp3) is 0.174. The second-order valence-corrected chi connectivity index (χ2v) is 7.41. The van der Waals surface area contributed by atoms with Crippen molar-refractivity contribution in [2.24, 2.45) is 0 Å². The summed E-state index contributed by atoms with van der Waals surface area (Å²) in [4.78, 5) is 36.7. The van der Waals surface area contributed by atoms with Gasteiger partial charge in [-0.1, -0.05) is 24.3 Å². The van der Waals surface area contributed by atoms with Gasteiger partial charge in [0.2, 0.25) is 0 Å². The topological polar surface area (TPSA) is 81.7 Å². The SMILES string of the molecule is CC(OC(=O)CCC(=O)c1cccs1)C(=O)Nc1ccc(Oc2ccccc2)cc1. The summed E-state index contributed by atoms with van der Waals surface area (Å²) in [6.07, 6.45) is -0.995. The molecule has 7 heteroatoms. The highest BCUT2D eigenvalue weighted by Crippen LogP contribution is 2.22. The van der Waals surface area contributed by atoms with Crippen molar-refractivity contribution in [2.45, 2.75) is 25.9 Å². The number of Topliss-reactive ketones (excluding diaryl/α,β-unsaturated/α-hetero) is 1. The van der Waals surface area contributed by atoms with Crippen LogP contribution in [0.5, 0.6) is 11.5 Å². The van der Waals surface area contributed by atoms with E-state index in [4.69, 9.17) is 9.47 Å². The molecule has 0 saturated heterocycles. The molecule has 0 bridgehead atoms. The van der Waals surface area contributed by atoms with Gasteiger partial charge in [-0.2, -0.15) is 0 Å². The summed E-state index contributed by atoms with van der Waals surface area (Å²) in [5.41, 5.74) is 0.552. The maximum Gasteiger partial charge on any atom is 0.307 e. The van der Waals surface area contributed by atoms with Crippen molar-refractivity contribution in [3.8, 4) is 11.5 Å². The van der Waals surface area contributed by atoms with E-state index in [1.165, 1.54) is 18.3 Å². The van der Waals surface area contributed by atoms with Gasteiger partial charge in [-0.3, -0.25) is 14.4 Å². The van der Waals surface area contributed by atoms with Crippen LogP contribution in [0, 0.1) is 0 Å². The highest BCUT2D eigenvalue weighted by molar-refractivity contribution is 7.12. The quantitative estimate of drug-likeness (QED) is 0.384. The first kappa shape index (κ1) is 21.3. The van der Waals surface area contributed by atoms with Crippen LogP contribution in [0.25, 0.3) is 0 Å². The Balaban J connectivity index is 1.44. The van der Waals surface area contributed by atoms with Crippen molar-refractivity contribution in [2.75, 3.05) is 5.32 Å². The maximum atomic E-state index is 12.3. The molecule has 1 amide bonds. The normalized spacial score (nSPS) is 11.4. The lowest BCUT2D eigenvalue weighted by atomic mass is 10.2.